The average Bonchev–Trinajstić information content (AvgIpc) is 3.01. The lowest BCUT2D eigenvalue weighted by Gasteiger charge is -2.07. The van der Waals surface area contributed by atoms with Crippen LogP contribution >= 0.6 is 23.2 Å². The van der Waals surface area contributed by atoms with Crippen molar-refractivity contribution in [1.29, 1.82) is 0 Å². The Morgan fingerprint density at radius 2 is 1.42 bits per heavy atom. The SMILES string of the molecule is CC1(C)COC(c2cc(Cl)cc(Cl)c2)=N1.O=[N+]([O-])c1cc([N+](=O)[O-])c(O)c([N+](=O)[O-])c1. The molecular weight excluding hydrogens is 459 g/mol. The fraction of sp³-hybridized carbons (Fsp3) is 0.235. The molecule has 1 aliphatic heterocycles. The number of non-ortho nitro benzene ring substituents is 1. The lowest BCUT2D eigenvalue weighted by atomic mass is 10.1. The summed E-state index contributed by atoms with van der Waals surface area (Å²) in [6.45, 7) is 4.63. The fourth-order valence-electron chi connectivity index (χ4n) is 2.38. The summed E-state index contributed by atoms with van der Waals surface area (Å²) in [5.41, 5.74) is -2.33. The highest BCUT2D eigenvalue weighted by Gasteiger charge is 2.30. The van der Waals surface area contributed by atoms with E-state index in [-0.39, 0.29) is 5.54 Å². The lowest BCUT2D eigenvalue weighted by molar-refractivity contribution is -0.404. The van der Waals surface area contributed by atoms with Gasteiger partial charge < -0.3 is 9.84 Å². The largest absolute Gasteiger partial charge is 0.497 e. The first kappa shape index (κ1) is 23.8. The van der Waals surface area contributed by atoms with Gasteiger partial charge in [0, 0.05) is 15.6 Å². The molecule has 0 unspecified atom stereocenters. The van der Waals surface area contributed by atoms with Crippen LogP contribution in [0.5, 0.6) is 5.75 Å². The van der Waals surface area contributed by atoms with Crippen LogP contribution in [0.15, 0.2) is 35.3 Å². The van der Waals surface area contributed by atoms with Crippen molar-refractivity contribution in [3.05, 3.63) is 76.3 Å². The summed E-state index contributed by atoms with van der Waals surface area (Å²) in [4.78, 5) is 32.2. The van der Waals surface area contributed by atoms with E-state index in [1.54, 1.807) is 18.2 Å². The van der Waals surface area contributed by atoms with Crippen molar-refractivity contribution in [2.75, 3.05) is 6.61 Å². The van der Waals surface area contributed by atoms with Crippen molar-refractivity contribution in [2.45, 2.75) is 19.4 Å². The highest BCUT2D eigenvalue weighted by Crippen LogP contribution is 2.39. The number of phenolic OH excluding ortho intramolecular Hbond substituents is 1. The first-order chi connectivity index (χ1) is 14.3. The number of aromatic hydroxyl groups is 1. The van der Waals surface area contributed by atoms with E-state index in [2.05, 4.69) is 4.99 Å². The molecule has 0 aliphatic carbocycles. The first-order valence-corrected chi connectivity index (χ1v) is 9.05. The lowest BCUT2D eigenvalue weighted by Crippen LogP contribution is -2.17. The van der Waals surface area contributed by atoms with Gasteiger partial charge in [0.05, 0.1) is 32.4 Å². The van der Waals surface area contributed by atoms with Crippen LogP contribution in [-0.2, 0) is 4.74 Å². The monoisotopic (exact) mass is 472 g/mol. The van der Waals surface area contributed by atoms with E-state index in [0.29, 0.717) is 34.7 Å². The standard InChI is InChI=1S/C11H11Cl2NO.C6H3N3O7/c1-11(2)6-15-10(14-11)7-3-8(12)5-9(13)4-7;10-6-4(8(13)14)1-3(7(11)12)2-5(6)9(15)16/h3-5H,6H2,1-2H3;1-2,10H. The number of aliphatic imine (C=N–C) groups is 1. The molecule has 0 saturated heterocycles. The molecule has 0 fully saturated rings. The summed E-state index contributed by atoms with van der Waals surface area (Å²) in [7, 11) is 0. The van der Waals surface area contributed by atoms with Crippen LogP contribution < -0.4 is 0 Å². The van der Waals surface area contributed by atoms with E-state index in [1.165, 1.54) is 0 Å². The second kappa shape index (κ2) is 9.10. The van der Waals surface area contributed by atoms with E-state index >= 15 is 0 Å². The summed E-state index contributed by atoms with van der Waals surface area (Å²) in [6, 6.07) is 6.18. The van der Waals surface area contributed by atoms with Crippen LogP contribution in [0.3, 0.4) is 0 Å². The molecule has 0 spiro atoms. The summed E-state index contributed by atoms with van der Waals surface area (Å²) in [5, 5.41) is 41.4. The molecule has 2 aromatic carbocycles. The number of nitro groups is 3. The molecule has 1 N–H and O–H groups in total. The molecule has 14 heteroatoms. The number of nitro benzene ring substituents is 3. The summed E-state index contributed by atoms with van der Waals surface area (Å²) in [5.74, 6) is -0.593. The van der Waals surface area contributed by atoms with E-state index in [0.717, 1.165) is 5.56 Å². The van der Waals surface area contributed by atoms with Crippen molar-refractivity contribution in [2.24, 2.45) is 4.99 Å². The topological polar surface area (TPSA) is 171 Å². The maximum absolute atomic E-state index is 10.4. The highest BCUT2D eigenvalue weighted by molar-refractivity contribution is 6.35. The van der Waals surface area contributed by atoms with E-state index in [9.17, 15) is 30.3 Å². The van der Waals surface area contributed by atoms with Crippen LogP contribution in [0, 0.1) is 30.3 Å². The summed E-state index contributed by atoms with van der Waals surface area (Å²) < 4.78 is 5.50. The zero-order valence-corrected chi connectivity index (χ0v) is 17.5. The van der Waals surface area contributed by atoms with Crippen LogP contribution in [0.25, 0.3) is 0 Å². The van der Waals surface area contributed by atoms with Gasteiger partial charge in [-0.3, -0.25) is 30.3 Å². The van der Waals surface area contributed by atoms with Crippen molar-refractivity contribution >= 4 is 46.2 Å². The quantitative estimate of drug-likeness (QED) is 0.493. The molecule has 1 heterocycles. The molecule has 0 radical (unpaired) electrons. The molecule has 0 atom stereocenters. The second-order valence-electron chi connectivity index (χ2n) is 6.78. The minimum atomic E-state index is -1.21. The Kier molecular flexibility index (Phi) is 6.98. The Hall–Kier alpha value is -3.51. The van der Waals surface area contributed by atoms with Crippen LogP contribution in [0.1, 0.15) is 19.4 Å². The van der Waals surface area contributed by atoms with Gasteiger partial charge in [0.2, 0.25) is 5.90 Å². The van der Waals surface area contributed by atoms with Crippen molar-refractivity contribution in [3.8, 4) is 5.75 Å². The number of hydrogen-bond donors (Lipinski definition) is 1. The molecule has 1 aliphatic rings. The molecule has 0 amide bonds. The predicted octanol–water partition coefficient (Wildman–Crippen LogP) is 4.67. The number of hydrogen-bond acceptors (Lipinski definition) is 9. The van der Waals surface area contributed by atoms with Crippen LogP contribution in [0.2, 0.25) is 10.0 Å². The molecule has 12 nitrogen and oxygen atoms in total. The summed E-state index contributed by atoms with van der Waals surface area (Å²) >= 11 is 11.8. The zero-order chi connectivity index (χ0) is 23.5. The number of phenols is 1. The third-order valence-corrected chi connectivity index (χ3v) is 4.17. The maximum Gasteiger partial charge on any atom is 0.324 e. The third kappa shape index (κ3) is 5.99. The van der Waals surface area contributed by atoms with Crippen molar-refractivity contribution in [1.82, 2.24) is 0 Å². The molecule has 2 aromatic rings. The fourth-order valence-corrected chi connectivity index (χ4v) is 2.91. The highest BCUT2D eigenvalue weighted by atomic mass is 35.5. The molecule has 0 saturated carbocycles. The normalized spacial score (nSPS) is 14.0. The van der Waals surface area contributed by atoms with Gasteiger partial charge >= 0.3 is 11.4 Å². The number of rotatable bonds is 4. The number of ether oxygens (including phenoxy) is 1. The van der Waals surface area contributed by atoms with Gasteiger partial charge in [-0.05, 0) is 32.0 Å². The minimum Gasteiger partial charge on any atom is -0.497 e. The van der Waals surface area contributed by atoms with E-state index in [1.807, 2.05) is 13.8 Å². The predicted molar refractivity (Wildman–Crippen MR) is 111 cm³/mol. The van der Waals surface area contributed by atoms with Gasteiger partial charge in [-0.1, -0.05) is 23.2 Å². The van der Waals surface area contributed by atoms with Gasteiger partial charge in [0.15, 0.2) is 0 Å². The molecule has 164 valence electrons. The Balaban J connectivity index is 0.000000220. The number of benzene rings is 2. The second-order valence-corrected chi connectivity index (χ2v) is 7.65. The average molecular weight is 473 g/mol. The Morgan fingerprint density at radius 1 is 0.935 bits per heavy atom. The van der Waals surface area contributed by atoms with Crippen LogP contribution in [0.4, 0.5) is 17.1 Å². The van der Waals surface area contributed by atoms with Crippen molar-refractivity contribution < 1.29 is 24.6 Å². The Labute approximate surface area is 184 Å². The number of nitrogens with zero attached hydrogens (tertiary/aromatic N) is 4. The van der Waals surface area contributed by atoms with Crippen LogP contribution in [-0.4, -0.2) is 37.9 Å². The van der Waals surface area contributed by atoms with E-state index < -0.39 is 37.6 Å². The van der Waals surface area contributed by atoms with Gasteiger partial charge in [0.25, 0.3) is 11.4 Å². The zero-order valence-electron chi connectivity index (χ0n) is 15.9. The molecule has 0 bridgehead atoms. The molecular formula is C17H14Cl2N4O8. The first-order valence-electron chi connectivity index (χ1n) is 8.30. The molecule has 0 aromatic heterocycles. The summed E-state index contributed by atoms with van der Waals surface area (Å²) in [6.07, 6.45) is 0. The maximum atomic E-state index is 10.4. The smallest absolute Gasteiger partial charge is 0.324 e. The van der Waals surface area contributed by atoms with Gasteiger partial charge in [-0.15, -0.1) is 0 Å². The minimum absolute atomic E-state index is 0.163. The molecule has 31 heavy (non-hydrogen) atoms. The van der Waals surface area contributed by atoms with Gasteiger partial charge in [0.1, 0.15) is 6.61 Å². The van der Waals surface area contributed by atoms with Gasteiger partial charge in [-0.25, -0.2) is 4.99 Å². The number of halogens is 2. The third-order valence-electron chi connectivity index (χ3n) is 3.73. The van der Waals surface area contributed by atoms with Crippen molar-refractivity contribution in [3.63, 3.8) is 0 Å². The Bertz CT molecular complexity index is 1050. The van der Waals surface area contributed by atoms with E-state index in [4.69, 9.17) is 33.0 Å². The molecule has 3 rings (SSSR count). The van der Waals surface area contributed by atoms with Gasteiger partial charge in [-0.2, -0.15) is 0 Å². The Morgan fingerprint density at radius 3 is 1.77 bits per heavy atom.